The van der Waals surface area contributed by atoms with Crippen molar-refractivity contribution in [3.63, 3.8) is 0 Å². The van der Waals surface area contributed by atoms with Crippen LogP contribution in [0.15, 0.2) is 34.9 Å². The van der Waals surface area contributed by atoms with E-state index < -0.39 is 0 Å². The number of aromatic nitrogens is 2. The fourth-order valence-corrected chi connectivity index (χ4v) is 4.03. The van der Waals surface area contributed by atoms with E-state index in [1.54, 1.807) is 0 Å². The Morgan fingerprint density at radius 2 is 1.86 bits per heavy atom. The van der Waals surface area contributed by atoms with Gasteiger partial charge in [0.05, 0.1) is 6.54 Å². The Morgan fingerprint density at radius 3 is 2.73 bits per heavy atom. The summed E-state index contributed by atoms with van der Waals surface area (Å²) in [6.45, 7) is 3.17. The molecule has 2 aromatic rings. The van der Waals surface area contributed by atoms with Gasteiger partial charge in [0.1, 0.15) is 0 Å². The van der Waals surface area contributed by atoms with Crippen molar-refractivity contribution in [2.45, 2.75) is 38.6 Å². The fraction of sp³-hybridized carbons (Fsp3) is 0.556. The first-order valence-corrected chi connectivity index (χ1v) is 8.49. The molecule has 0 spiro atoms. The summed E-state index contributed by atoms with van der Waals surface area (Å²) in [5.41, 5.74) is 1.02. The third-order valence-electron chi connectivity index (χ3n) is 5.23. The van der Waals surface area contributed by atoms with Crippen LogP contribution in [-0.2, 0) is 6.54 Å². The Bertz CT molecular complexity index is 610. The van der Waals surface area contributed by atoms with E-state index in [1.165, 1.54) is 45.2 Å². The predicted molar refractivity (Wildman–Crippen MR) is 85.1 cm³/mol. The van der Waals surface area contributed by atoms with Gasteiger partial charge in [0.2, 0.25) is 11.7 Å². The number of hydrogen-bond donors (Lipinski definition) is 0. The first-order valence-electron chi connectivity index (χ1n) is 8.49. The molecule has 22 heavy (non-hydrogen) atoms. The second-order valence-corrected chi connectivity index (χ2v) is 6.71. The summed E-state index contributed by atoms with van der Waals surface area (Å²) < 4.78 is 5.46. The zero-order valence-electron chi connectivity index (χ0n) is 12.9. The highest BCUT2D eigenvalue weighted by atomic mass is 16.5. The zero-order chi connectivity index (χ0) is 14.8. The zero-order valence-corrected chi connectivity index (χ0v) is 12.9. The van der Waals surface area contributed by atoms with Crippen LogP contribution in [0.5, 0.6) is 0 Å². The lowest BCUT2D eigenvalue weighted by Crippen LogP contribution is -2.41. The summed E-state index contributed by atoms with van der Waals surface area (Å²) in [5.74, 6) is 3.29. The first-order chi connectivity index (χ1) is 10.9. The Labute approximate surface area is 131 Å². The van der Waals surface area contributed by atoms with E-state index in [2.05, 4.69) is 15.0 Å². The standard InChI is InChI=1S/C18H23N3O/c1-2-7-15(8-3-1)18-19-17(22-20-18)13-21-11-10-14-6-4-5-9-16(14)12-21/h1-3,7-8,14,16H,4-6,9-13H2. The molecule has 2 atom stereocenters. The molecule has 0 radical (unpaired) electrons. The van der Waals surface area contributed by atoms with Crippen LogP contribution in [0.3, 0.4) is 0 Å². The number of fused-ring (bicyclic) bond motifs is 1. The molecule has 1 aromatic heterocycles. The van der Waals surface area contributed by atoms with E-state index in [0.29, 0.717) is 5.82 Å². The van der Waals surface area contributed by atoms with Gasteiger partial charge in [-0.1, -0.05) is 54.8 Å². The Morgan fingerprint density at radius 1 is 1.05 bits per heavy atom. The molecule has 1 aliphatic heterocycles. The lowest BCUT2D eigenvalue weighted by atomic mass is 9.75. The molecular formula is C18H23N3O. The van der Waals surface area contributed by atoms with Gasteiger partial charge >= 0.3 is 0 Å². The summed E-state index contributed by atoms with van der Waals surface area (Å²) in [6, 6.07) is 10.0. The lowest BCUT2D eigenvalue weighted by molar-refractivity contribution is 0.0747. The van der Waals surface area contributed by atoms with Crippen molar-refractivity contribution in [1.29, 1.82) is 0 Å². The van der Waals surface area contributed by atoms with Crippen molar-refractivity contribution in [3.8, 4) is 11.4 Å². The van der Waals surface area contributed by atoms with Gasteiger partial charge in [-0.05, 0) is 31.2 Å². The van der Waals surface area contributed by atoms with Crippen molar-refractivity contribution >= 4 is 0 Å². The van der Waals surface area contributed by atoms with Crippen LogP contribution in [0.2, 0.25) is 0 Å². The molecule has 4 rings (SSSR count). The second kappa shape index (κ2) is 6.21. The van der Waals surface area contributed by atoms with Crippen molar-refractivity contribution in [2.75, 3.05) is 13.1 Å². The molecular weight excluding hydrogens is 274 g/mol. The molecule has 116 valence electrons. The highest BCUT2D eigenvalue weighted by Crippen LogP contribution is 2.36. The van der Waals surface area contributed by atoms with E-state index in [1.807, 2.05) is 30.3 Å². The quantitative estimate of drug-likeness (QED) is 0.865. The molecule has 1 aromatic carbocycles. The topological polar surface area (TPSA) is 42.2 Å². The molecule has 1 saturated carbocycles. The van der Waals surface area contributed by atoms with E-state index in [-0.39, 0.29) is 0 Å². The summed E-state index contributed by atoms with van der Waals surface area (Å²) in [6.07, 6.45) is 7.03. The minimum absolute atomic E-state index is 0.697. The molecule has 2 unspecified atom stereocenters. The van der Waals surface area contributed by atoms with Gasteiger partial charge in [-0.25, -0.2) is 0 Å². The van der Waals surface area contributed by atoms with Gasteiger partial charge in [-0.15, -0.1) is 0 Å². The van der Waals surface area contributed by atoms with Crippen LogP contribution in [0, 0.1) is 11.8 Å². The molecule has 2 heterocycles. The van der Waals surface area contributed by atoms with Crippen LogP contribution < -0.4 is 0 Å². The lowest BCUT2D eigenvalue weighted by Gasteiger charge is -2.40. The monoisotopic (exact) mass is 297 g/mol. The van der Waals surface area contributed by atoms with Crippen LogP contribution in [0.4, 0.5) is 0 Å². The Balaban J connectivity index is 1.40. The maximum atomic E-state index is 5.46. The maximum absolute atomic E-state index is 5.46. The minimum Gasteiger partial charge on any atom is -0.338 e. The molecule has 1 aliphatic carbocycles. The normalized spacial score (nSPS) is 25.8. The Kier molecular flexibility index (Phi) is 3.94. The third kappa shape index (κ3) is 2.93. The average Bonchev–Trinajstić information content (AvgIpc) is 3.04. The van der Waals surface area contributed by atoms with Crippen LogP contribution in [0.25, 0.3) is 11.4 Å². The van der Waals surface area contributed by atoms with E-state index in [9.17, 15) is 0 Å². The largest absolute Gasteiger partial charge is 0.338 e. The maximum Gasteiger partial charge on any atom is 0.241 e. The predicted octanol–water partition coefficient (Wildman–Crippen LogP) is 3.75. The molecule has 0 bridgehead atoms. The number of nitrogens with zero attached hydrogens (tertiary/aromatic N) is 3. The molecule has 0 amide bonds. The summed E-state index contributed by atoms with van der Waals surface area (Å²) >= 11 is 0. The minimum atomic E-state index is 0.697. The van der Waals surface area contributed by atoms with Crippen LogP contribution in [0.1, 0.15) is 38.0 Å². The number of likely N-dealkylation sites (tertiary alicyclic amines) is 1. The van der Waals surface area contributed by atoms with Crippen molar-refractivity contribution < 1.29 is 4.52 Å². The third-order valence-corrected chi connectivity index (χ3v) is 5.23. The number of piperidine rings is 1. The van der Waals surface area contributed by atoms with Crippen molar-refractivity contribution in [1.82, 2.24) is 15.0 Å². The van der Waals surface area contributed by atoms with Crippen LogP contribution in [-0.4, -0.2) is 28.1 Å². The van der Waals surface area contributed by atoms with Gasteiger partial charge in [-0.3, -0.25) is 4.90 Å². The van der Waals surface area contributed by atoms with E-state index in [0.717, 1.165) is 29.8 Å². The van der Waals surface area contributed by atoms with Crippen molar-refractivity contribution in [3.05, 3.63) is 36.2 Å². The Hall–Kier alpha value is -1.68. The SMILES string of the molecule is c1ccc(-c2noc(CN3CCC4CCCCC4C3)n2)cc1. The number of benzene rings is 1. The summed E-state index contributed by atoms with van der Waals surface area (Å²) in [4.78, 5) is 7.05. The number of hydrogen-bond acceptors (Lipinski definition) is 4. The van der Waals surface area contributed by atoms with Gasteiger partial charge in [-0.2, -0.15) is 4.98 Å². The van der Waals surface area contributed by atoms with Crippen molar-refractivity contribution in [2.24, 2.45) is 11.8 Å². The summed E-state index contributed by atoms with van der Waals surface area (Å²) in [5, 5.41) is 4.12. The molecule has 2 fully saturated rings. The van der Waals surface area contributed by atoms with Gasteiger partial charge in [0.15, 0.2) is 0 Å². The highest BCUT2D eigenvalue weighted by Gasteiger charge is 2.31. The molecule has 0 N–H and O–H groups in total. The van der Waals surface area contributed by atoms with Gasteiger partial charge in [0.25, 0.3) is 0 Å². The second-order valence-electron chi connectivity index (χ2n) is 6.71. The number of rotatable bonds is 3. The fourth-order valence-electron chi connectivity index (χ4n) is 4.03. The molecule has 1 saturated heterocycles. The molecule has 4 nitrogen and oxygen atoms in total. The molecule has 4 heteroatoms. The highest BCUT2D eigenvalue weighted by molar-refractivity contribution is 5.53. The van der Waals surface area contributed by atoms with E-state index >= 15 is 0 Å². The summed E-state index contributed by atoms with van der Waals surface area (Å²) in [7, 11) is 0. The smallest absolute Gasteiger partial charge is 0.241 e. The van der Waals surface area contributed by atoms with Crippen LogP contribution >= 0.6 is 0 Å². The first kappa shape index (κ1) is 13.9. The van der Waals surface area contributed by atoms with E-state index in [4.69, 9.17) is 4.52 Å². The molecule has 2 aliphatic rings. The van der Waals surface area contributed by atoms with Gasteiger partial charge < -0.3 is 4.52 Å². The van der Waals surface area contributed by atoms with Gasteiger partial charge in [0, 0.05) is 12.1 Å². The average molecular weight is 297 g/mol.